The first-order valence-electron chi connectivity index (χ1n) is 8.50. The van der Waals surface area contributed by atoms with Crippen molar-refractivity contribution in [3.8, 4) is 11.5 Å². The van der Waals surface area contributed by atoms with Crippen LogP contribution in [0.25, 0.3) is 6.08 Å². The number of ether oxygens (including phenoxy) is 2. The summed E-state index contributed by atoms with van der Waals surface area (Å²) in [5, 5.41) is 2.61. The molecule has 0 aromatic heterocycles. The van der Waals surface area contributed by atoms with Crippen LogP contribution in [0.3, 0.4) is 0 Å². The Kier molecular flexibility index (Phi) is 5.87. The van der Waals surface area contributed by atoms with E-state index in [-0.39, 0.29) is 5.91 Å². The van der Waals surface area contributed by atoms with Gasteiger partial charge in [-0.15, -0.1) is 0 Å². The molecule has 0 aliphatic carbocycles. The fraction of sp³-hybridized carbons (Fsp3) is 0.238. The molecule has 0 saturated carbocycles. The van der Waals surface area contributed by atoms with Crippen molar-refractivity contribution in [3.63, 3.8) is 0 Å². The van der Waals surface area contributed by atoms with Gasteiger partial charge in [-0.05, 0) is 66.8 Å². The van der Waals surface area contributed by atoms with Gasteiger partial charge in [0.2, 0.25) is 0 Å². The maximum absolute atomic E-state index is 11.8. The van der Waals surface area contributed by atoms with Crippen LogP contribution in [0.4, 0.5) is 0 Å². The second-order valence-electron chi connectivity index (χ2n) is 6.41. The zero-order valence-electron chi connectivity index (χ0n) is 15.7. The summed E-state index contributed by atoms with van der Waals surface area (Å²) < 4.78 is 11.9. The van der Waals surface area contributed by atoms with Crippen LogP contribution in [0.1, 0.15) is 27.8 Å². The van der Waals surface area contributed by atoms with Crippen molar-refractivity contribution in [2.24, 2.45) is 0 Å². The highest BCUT2D eigenvalue weighted by Gasteiger charge is 2.22. The topological polar surface area (TPSA) is 47.6 Å². The summed E-state index contributed by atoms with van der Waals surface area (Å²) in [5.74, 6) is 1.11. The van der Waals surface area contributed by atoms with Crippen LogP contribution in [-0.4, -0.2) is 17.3 Å². The Labute approximate surface area is 168 Å². The number of carbonyl (C=O) groups is 1. The third kappa shape index (κ3) is 4.51. The van der Waals surface area contributed by atoms with Gasteiger partial charge in [0.15, 0.2) is 11.5 Å². The number of hydrogen-bond donors (Lipinski definition) is 1. The number of rotatable bonds is 5. The molecule has 0 bridgehead atoms. The smallest absolute Gasteiger partial charge is 0.263 e. The highest BCUT2D eigenvalue weighted by molar-refractivity contribution is 8.26. The normalized spacial score (nSPS) is 15.2. The number of benzene rings is 2. The largest absolute Gasteiger partial charge is 0.493 e. The van der Waals surface area contributed by atoms with Crippen LogP contribution < -0.4 is 14.8 Å². The summed E-state index contributed by atoms with van der Waals surface area (Å²) in [6, 6.07) is 9.94. The molecule has 0 spiro atoms. The highest BCUT2D eigenvalue weighted by Crippen LogP contribution is 2.32. The molecule has 1 heterocycles. The summed E-state index contributed by atoms with van der Waals surface area (Å²) in [6.07, 6.45) is 1.79. The van der Waals surface area contributed by atoms with Crippen molar-refractivity contribution in [1.29, 1.82) is 0 Å². The minimum atomic E-state index is -0.172. The van der Waals surface area contributed by atoms with E-state index in [1.54, 1.807) is 13.2 Å². The number of aryl methyl sites for hydroxylation is 3. The lowest BCUT2D eigenvalue weighted by Crippen LogP contribution is -2.17. The third-order valence-corrected chi connectivity index (χ3v) is 5.63. The van der Waals surface area contributed by atoms with Crippen molar-refractivity contribution < 1.29 is 14.3 Å². The fourth-order valence-corrected chi connectivity index (χ4v) is 3.84. The Bertz CT molecular complexity index is 951. The van der Waals surface area contributed by atoms with Gasteiger partial charge in [0.25, 0.3) is 5.91 Å². The molecule has 1 aliphatic heterocycles. The van der Waals surface area contributed by atoms with Gasteiger partial charge in [0, 0.05) is 0 Å². The second-order valence-corrected chi connectivity index (χ2v) is 8.13. The number of thioether (sulfide) groups is 1. The fourth-order valence-electron chi connectivity index (χ4n) is 2.80. The standard InChI is InChI=1S/C21H21NO3S2/c1-12-7-14(3)16(8-13(12)2)11-25-17-6-5-15(9-18(17)24-4)10-19-20(23)22-21(26)27-19/h5-10H,11H2,1-4H3,(H,22,23,26)/b19-10+. The van der Waals surface area contributed by atoms with E-state index in [1.165, 1.54) is 28.5 Å². The lowest BCUT2D eigenvalue weighted by molar-refractivity contribution is -0.115. The molecule has 140 valence electrons. The van der Waals surface area contributed by atoms with Crippen molar-refractivity contribution in [1.82, 2.24) is 5.32 Å². The molecule has 27 heavy (non-hydrogen) atoms. The van der Waals surface area contributed by atoms with E-state index >= 15 is 0 Å². The van der Waals surface area contributed by atoms with Crippen LogP contribution in [0.5, 0.6) is 11.5 Å². The average molecular weight is 400 g/mol. The molecular formula is C21H21NO3S2. The lowest BCUT2D eigenvalue weighted by Gasteiger charge is -2.14. The number of nitrogens with one attached hydrogen (secondary N) is 1. The summed E-state index contributed by atoms with van der Waals surface area (Å²) in [5.41, 5.74) is 5.74. The SMILES string of the molecule is COc1cc(/C=C2/SC(=S)NC2=O)ccc1OCc1cc(C)c(C)cc1C. The van der Waals surface area contributed by atoms with Gasteiger partial charge in [-0.1, -0.05) is 42.2 Å². The van der Waals surface area contributed by atoms with Crippen molar-refractivity contribution in [2.45, 2.75) is 27.4 Å². The molecular weight excluding hydrogens is 378 g/mol. The van der Waals surface area contributed by atoms with E-state index in [9.17, 15) is 4.79 Å². The molecule has 4 nitrogen and oxygen atoms in total. The van der Waals surface area contributed by atoms with Gasteiger partial charge in [-0.2, -0.15) is 0 Å². The van der Waals surface area contributed by atoms with Gasteiger partial charge in [0.1, 0.15) is 10.9 Å². The Morgan fingerprint density at radius 1 is 1.07 bits per heavy atom. The first-order valence-corrected chi connectivity index (χ1v) is 9.72. The monoisotopic (exact) mass is 399 g/mol. The summed E-state index contributed by atoms with van der Waals surface area (Å²) in [7, 11) is 1.60. The van der Waals surface area contributed by atoms with Gasteiger partial charge >= 0.3 is 0 Å². The molecule has 0 atom stereocenters. The quantitative estimate of drug-likeness (QED) is 0.584. The number of amides is 1. The molecule has 3 rings (SSSR count). The average Bonchev–Trinajstić information content (AvgIpc) is 2.94. The molecule has 1 saturated heterocycles. The van der Waals surface area contributed by atoms with Gasteiger partial charge < -0.3 is 14.8 Å². The second kappa shape index (κ2) is 8.15. The molecule has 1 fully saturated rings. The molecule has 6 heteroatoms. The van der Waals surface area contributed by atoms with Crippen molar-refractivity contribution in [3.05, 3.63) is 63.1 Å². The minimum Gasteiger partial charge on any atom is -0.493 e. The summed E-state index contributed by atoms with van der Waals surface area (Å²) in [6.45, 7) is 6.77. The maximum Gasteiger partial charge on any atom is 0.263 e. The first kappa shape index (κ1) is 19.5. The number of methoxy groups -OCH3 is 1. The third-order valence-electron chi connectivity index (χ3n) is 4.46. The number of thiocarbonyl (C=S) groups is 1. The molecule has 0 unspecified atom stereocenters. The van der Waals surface area contributed by atoms with E-state index in [2.05, 4.69) is 38.2 Å². The molecule has 1 aliphatic rings. The van der Waals surface area contributed by atoms with E-state index < -0.39 is 0 Å². The Morgan fingerprint density at radius 2 is 1.81 bits per heavy atom. The molecule has 2 aromatic rings. The predicted molar refractivity (Wildman–Crippen MR) is 114 cm³/mol. The zero-order chi connectivity index (χ0) is 19.6. The molecule has 1 N–H and O–H groups in total. The molecule has 1 amide bonds. The van der Waals surface area contributed by atoms with Crippen LogP contribution in [0, 0.1) is 20.8 Å². The van der Waals surface area contributed by atoms with Gasteiger partial charge in [-0.25, -0.2) is 0 Å². The Morgan fingerprint density at radius 3 is 2.48 bits per heavy atom. The summed E-state index contributed by atoms with van der Waals surface area (Å²) >= 11 is 6.27. The summed E-state index contributed by atoms with van der Waals surface area (Å²) in [4.78, 5) is 12.4. The van der Waals surface area contributed by atoms with Crippen molar-refractivity contribution in [2.75, 3.05) is 7.11 Å². The highest BCUT2D eigenvalue weighted by atomic mass is 32.2. The van der Waals surface area contributed by atoms with Crippen LogP contribution in [-0.2, 0) is 11.4 Å². The van der Waals surface area contributed by atoms with Crippen LogP contribution in [0.15, 0.2) is 35.2 Å². The van der Waals surface area contributed by atoms with E-state index in [0.29, 0.717) is 27.3 Å². The van der Waals surface area contributed by atoms with Gasteiger partial charge in [0.05, 0.1) is 12.0 Å². The van der Waals surface area contributed by atoms with E-state index in [1.807, 2.05) is 18.2 Å². The lowest BCUT2D eigenvalue weighted by atomic mass is 10.0. The Hall–Kier alpha value is -2.31. The Balaban J connectivity index is 1.79. The molecule has 0 radical (unpaired) electrons. The van der Waals surface area contributed by atoms with E-state index in [4.69, 9.17) is 21.7 Å². The van der Waals surface area contributed by atoms with Crippen LogP contribution >= 0.6 is 24.0 Å². The predicted octanol–water partition coefficient (Wildman–Crippen LogP) is 4.69. The van der Waals surface area contributed by atoms with Gasteiger partial charge in [-0.3, -0.25) is 4.79 Å². The van der Waals surface area contributed by atoms with E-state index in [0.717, 1.165) is 11.1 Å². The first-order chi connectivity index (χ1) is 12.9. The maximum atomic E-state index is 11.8. The number of hydrogen-bond acceptors (Lipinski definition) is 5. The minimum absolute atomic E-state index is 0.172. The zero-order valence-corrected chi connectivity index (χ0v) is 17.3. The molecule has 2 aromatic carbocycles. The van der Waals surface area contributed by atoms with Crippen molar-refractivity contribution >= 4 is 40.3 Å². The number of carbonyl (C=O) groups excluding carboxylic acids is 1. The van der Waals surface area contributed by atoms with Crippen LogP contribution in [0.2, 0.25) is 0 Å².